The van der Waals surface area contributed by atoms with Gasteiger partial charge < -0.3 is 34.5 Å². The van der Waals surface area contributed by atoms with Crippen LogP contribution >= 0.6 is 70.4 Å². The van der Waals surface area contributed by atoms with Crippen LogP contribution in [0.25, 0.3) is 34.2 Å². The van der Waals surface area contributed by atoms with Crippen molar-refractivity contribution < 1.29 is 55.5 Å². The van der Waals surface area contributed by atoms with Gasteiger partial charge >= 0.3 is 7.12 Å². The molecule has 0 radical (unpaired) electrons. The van der Waals surface area contributed by atoms with Crippen molar-refractivity contribution in [3.8, 4) is 51.8 Å². The van der Waals surface area contributed by atoms with Crippen LogP contribution in [0.4, 0.5) is 0 Å². The van der Waals surface area contributed by atoms with Crippen molar-refractivity contribution >= 4 is 103 Å². The summed E-state index contributed by atoms with van der Waals surface area (Å²) in [5, 5.41) is 34.9. The van der Waals surface area contributed by atoms with Gasteiger partial charge in [-0.1, -0.05) is 177 Å². The van der Waals surface area contributed by atoms with Gasteiger partial charge in [0.2, 0.25) is 10.0 Å². The topological polar surface area (TPSA) is 267 Å². The van der Waals surface area contributed by atoms with Crippen molar-refractivity contribution in [3.63, 3.8) is 0 Å². The number of benzene rings is 8. The van der Waals surface area contributed by atoms with Crippen LogP contribution in [0.1, 0.15) is 181 Å². The van der Waals surface area contributed by atoms with E-state index in [1.54, 1.807) is 0 Å². The molecule has 0 spiro atoms. The summed E-state index contributed by atoms with van der Waals surface area (Å²) in [5.74, 6) is 8.57. The zero-order valence-corrected chi connectivity index (χ0v) is 85.5. The Bertz CT molecular complexity index is 5650. The quantitative estimate of drug-likeness (QED) is 0.0122. The van der Waals surface area contributed by atoms with E-state index in [0.717, 1.165) is 189 Å². The van der Waals surface area contributed by atoms with Crippen molar-refractivity contribution in [3.05, 3.63) is 300 Å². The molecule has 0 atom stereocenters. The molecule has 8 aromatic carbocycles. The molecule has 5 heterocycles. The third-order valence-corrected chi connectivity index (χ3v) is 27.1. The number of aromatic nitrogens is 6. The van der Waals surface area contributed by atoms with Gasteiger partial charge in [0.25, 0.3) is 10.1 Å². The van der Waals surface area contributed by atoms with Crippen LogP contribution in [-0.2, 0) is 98.0 Å². The normalized spacial score (nSPS) is 13.0. The number of aliphatic hydroxyl groups excluding tert-OH is 4. The monoisotopic (exact) mass is 2080 g/mol. The summed E-state index contributed by atoms with van der Waals surface area (Å²) in [6.07, 6.45) is 25.7. The molecule has 3 aromatic heterocycles. The predicted molar refractivity (Wildman–Crippen MR) is 540 cm³/mol. The van der Waals surface area contributed by atoms with Gasteiger partial charge in [-0.05, 0) is 338 Å². The van der Waals surface area contributed by atoms with E-state index < -0.39 is 20.1 Å². The average Bonchev–Trinajstić information content (AvgIpc) is 1.61. The van der Waals surface area contributed by atoms with E-state index in [1.807, 2.05) is 93.5 Å². The third kappa shape index (κ3) is 35.7. The highest BCUT2D eigenvalue weighted by atomic mass is 127. The Labute approximate surface area is 800 Å². The van der Waals surface area contributed by atoms with Gasteiger partial charge in [-0.3, -0.25) is 4.18 Å². The molecule has 1 saturated heterocycles. The minimum absolute atomic E-state index is 0.0882. The Hall–Kier alpha value is -7.83. The zero-order valence-electron chi connectivity index (χ0n) is 77.0. The van der Waals surface area contributed by atoms with Gasteiger partial charge in [0.1, 0.15) is 12.4 Å². The smallest absolute Gasteiger partial charge is 0.494 e. The van der Waals surface area contributed by atoms with Gasteiger partial charge in [-0.25, -0.2) is 38.3 Å². The lowest BCUT2D eigenvalue weighted by Crippen LogP contribution is -2.41. The molecule has 0 saturated carbocycles. The van der Waals surface area contributed by atoms with E-state index in [4.69, 9.17) is 38.7 Å². The Balaban J connectivity index is 0.000000212. The number of fused-ring (bicyclic) bond motifs is 1. The summed E-state index contributed by atoms with van der Waals surface area (Å²) in [6, 6.07) is 49.7. The lowest BCUT2D eigenvalue weighted by molar-refractivity contribution is 0.00578. The largest absolute Gasteiger partial charge is 0.495 e. The number of sulfonamides is 1. The van der Waals surface area contributed by atoms with Gasteiger partial charge in [0.05, 0.1) is 36.9 Å². The molecule has 11 aromatic rings. The summed E-state index contributed by atoms with van der Waals surface area (Å²) in [6.45, 7) is 31.5. The fraction of sp³-hybridized carbons (Fsp3) is 0.392. The Kier molecular flexibility index (Phi) is 44.9. The Morgan fingerprint density at radius 3 is 1.21 bits per heavy atom. The molecule has 0 bridgehead atoms. The van der Waals surface area contributed by atoms with Crippen LogP contribution in [0, 0.1) is 63.9 Å². The van der Waals surface area contributed by atoms with E-state index in [1.165, 1.54) is 74.2 Å². The first-order valence-corrected chi connectivity index (χ1v) is 50.6. The van der Waals surface area contributed by atoms with E-state index in [2.05, 4.69) is 298 Å². The molecule has 1 fully saturated rings. The highest BCUT2D eigenvalue weighted by Crippen LogP contribution is 2.37. The highest BCUT2D eigenvalue weighted by molar-refractivity contribution is 14.1. The molecule has 2 aliphatic heterocycles. The molecular formula is C102H126BBr3IN7O12S2. The van der Waals surface area contributed by atoms with Crippen molar-refractivity contribution in [1.29, 1.82) is 0 Å². The molecule has 26 heteroatoms. The number of hydrogen-bond acceptors (Lipinski definition) is 18. The van der Waals surface area contributed by atoms with Gasteiger partial charge in [0.15, 0.2) is 17.5 Å². The number of hydrogen-bond donors (Lipinski definition) is 4. The summed E-state index contributed by atoms with van der Waals surface area (Å²) in [4.78, 5) is 26.7. The lowest BCUT2D eigenvalue weighted by atomic mass is 9.75. The summed E-state index contributed by atoms with van der Waals surface area (Å²) in [7, 11) is -6.80. The number of aryl methyl sites for hydroxylation is 15. The summed E-state index contributed by atoms with van der Waals surface area (Å²) >= 11 is 12.6. The van der Waals surface area contributed by atoms with Gasteiger partial charge in [0, 0.05) is 109 Å². The third-order valence-electron chi connectivity index (χ3n) is 21.9. The molecule has 19 nitrogen and oxygen atoms in total. The number of aliphatic hydroxyl groups is 4. The Morgan fingerprint density at radius 2 is 0.836 bits per heavy atom. The lowest BCUT2D eigenvalue weighted by Gasteiger charge is -2.32. The Morgan fingerprint density at radius 1 is 0.453 bits per heavy atom. The second kappa shape index (κ2) is 53.6. The van der Waals surface area contributed by atoms with Crippen molar-refractivity contribution in [2.75, 3.05) is 58.7 Å². The molecule has 4 N–H and O–H groups in total. The van der Waals surface area contributed by atoms with Crippen LogP contribution in [0.15, 0.2) is 196 Å². The fourth-order valence-electron chi connectivity index (χ4n) is 13.6. The standard InChI is InChI=1S/C26H31N3O3S.C17H22N2O3S.C16H25BO3.C16H20N2O.C10H13BrO.C10H9BrO.C7H6BrI/c1-4-20-16-27-26(28-17-20)25-10-7-21(14-19(25)2)6-5-13-32-24-9-8-23-18-29(33(3,30)31)12-11-22(23)15-24;1-4-14-11-18-17(19-12-14)16-8-7-15(10-13(16)2)6-5-9-22-23(3,20)21;1-12-11-13(7-6-10-18)8-9-14(12)17-19-15(2,3)16(4,5)20-17;1-3-13-10-17-16(18-11-13)15-7-6-14(5-4-8-19)9-12(15)2;2*1-8-7-9(3-2-6-12)4-5-10(8)11;1-5-4-6(9)2-3-7(5)8/h7-10,14-17H,4-6,11-13,18H2,1-3H3;7-8,10-12H,4-6,9H2,1-3H3;8-9,11,18H,6-7,10H2,1-5H3;6-7,9-11,19H,3-5,8H2,1-2H3;4-5,7,12H,2-3,6H2,1H3;4-5,7,12H,6H2,1H3;2-4H,1H3. The van der Waals surface area contributed by atoms with Crippen molar-refractivity contribution in [1.82, 2.24) is 34.2 Å². The number of ether oxygens (including phenoxy) is 1. The maximum Gasteiger partial charge on any atom is 0.495 e. The molecular weight excluding hydrogens is 1960 g/mol. The van der Waals surface area contributed by atoms with Crippen LogP contribution in [0.3, 0.4) is 0 Å². The number of rotatable bonds is 27. The molecule has 13 rings (SSSR count). The van der Waals surface area contributed by atoms with Crippen LogP contribution in [-0.4, -0.2) is 148 Å². The van der Waals surface area contributed by atoms with Crippen molar-refractivity contribution in [2.45, 2.75) is 205 Å². The molecule has 684 valence electrons. The predicted octanol–water partition coefficient (Wildman–Crippen LogP) is 20.6. The second-order valence-corrected chi connectivity index (χ2v) is 40.2. The molecule has 0 aliphatic carbocycles. The number of halogens is 4. The summed E-state index contributed by atoms with van der Waals surface area (Å²) < 4.78 is 74.5. The van der Waals surface area contributed by atoms with E-state index in [9.17, 15) is 16.8 Å². The first-order chi connectivity index (χ1) is 60.9. The first-order valence-electron chi connectivity index (χ1n) is 43.5. The summed E-state index contributed by atoms with van der Waals surface area (Å²) in [5.41, 5.74) is 24.8. The molecule has 2 aliphatic rings. The molecule has 0 unspecified atom stereocenters. The van der Waals surface area contributed by atoms with E-state index >= 15 is 0 Å². The van der Waals surface area contributed by atoms with Crippen LogP contribution in [0.2, 0.25) is 0 Å². The zero-order chi connectivity index (χ0) is 93.7. The molecule has 0 amide bonds. The SMILES string of the molecule is CCc1cnc(-c2ccc(CCCO)cc2C)nc1.CCc1cnc(-c2ccc(CCCOS(C)(=O)=O)cc2C)nc1.CCc1cnc(-c2ccc(CCCOc3ccc4c(c3)CCN(S(C)(=O)=O)C4)cc2C)nc1.Cc1cc(C#CCO)ccc1Br.Cc1cc(CCCO)ccc1B1OC(C)(C)C(C)(C)O1.Cc1cc(CCCO)ccc1Br.Cc1cc(I)ccc1Br. The second-order valence-electron chi connectivity index (χ2n) is 32.8. The fourth-order valence-corrected chi connectivity index (χ4v) is 16.2. The van der Waals surface area contributed by atoms with E-state index in [0.29, 0.717) is 26.1 Å². The van der Waals surface area contributed by atoms with Crippen molar-refractivity contribution in [2.24, 2.45) is 0 Å². The van der Waals surface area contributed by atoms with Crippen LogP contribution < -0.4 is 10.2 Å². The first kappa shape index (κ1) is 107. The minimum Gasteiger partial charge on any atom is -0.494 e. The van der Waals surface area contributed by atoms with Gasteiger partial charge in [-0.15, -0.1) is 0 Å². The van der Waals surface area contributed by atoms with Crippen LogP contribution in [0.5, 0.6) is 5.75 Å². The highest BCUT2D eigenvalue weighted by Gasteiger charge is 2.52. The maximum absolute atomic E-state index is 11.8. The maximum atomic E-state index is 11.8. The molecule has 128 heavy (non-hydrogen) atoms. The average molecular weight is 2080 g/mol. The van der Waals surface area contributed by atoms with E-state index in [-0.39, 0.29) is 51.4 Å². The number of nitrogens with zero attached hydrogens (tertiary/aromatic N) is 7. The minimum atomic E-state index is -3.35. The van der Waals surface area contributed by atoms with Gasteiger partial charge in [-0.2, -0.15) is 12.7 Å².